The molecule has 0 saturated carbocycles. The zero-order chi connectivity index (χ0) is 12.0. The van der Waals surface area contributed by atoms with Gasteiger partial charge in [0.2, 0.25) is 0 Å². The fourth-order valence-corrected chi connectivity index (χ4v) is 1.76. The van der Waals surface area contributed by atoms with Gasteiger partial charge in [0.15, 0.2) is 0 Å². The van der Waals surface area contributed by atoms with Crippen LogP contribution in [0.1, 0.15) is 12.5 Å². The molecule has 1 aromatic rings. The molecule has 0 radical (unpaired) electrons. The second-order valence-corrected chi connectivity index (χ2v) is 4.29. The largest absolute Gasteiger partial charge is 0.465 e. The Hall–Kier alpha value is -1.00. The Bertz CT molecular complexity index is 337. The van der Waals surface area contributed by atoms with Crippen LogP contribution in [-0.2, 0) is 16.0 Å². The molecule has 0 saturated heterocycles. The molecule has 1 aromatic carbocycles. The number of benzene rings is 1. The van der Waals surface area contributed by atoms with Gasteiger partial charge in [0.25, 0.3) is 0 Å². The maximum Gasteiger partial charge on any atom is 0.323 e. The highest BCUT2D eigenvalue weighted by atomic mass is 32.2. The third-order valence-electron chi connectivity index (χ3n) is 2.20. The molecule has 16 heavy (non-hydrogen) atoms. The fraction of sp³-hybridized carbons (Fsp3) is 0.417. The van der Waals surface area contributed by atoms with E-state index in [9.17, 15) is 4.79 Å². The zero-order valence-electron chi connectivity index (χ0n) is 9.60. The van der Waals surface area contributed by atoms with Crippen LogP contribution in [0.3, 0.4) is 0 Å². The predicted octanol–water partition coefficient (Wildman–Crippen LogP) is 1.84. The first-order valence-corrected chi connectivity index (χ1v) is 6.45. The molecule has 1 rings (SSSR count). The molecular formula is C12H17NO2S. The highest BCUT2D eigenvalue weighted by molar-refractivity contribution is 7.98. The normalized spacial score (nSPS) is 12.2. The number of thioether (sulfide) groups is 1. The minimum absolute atomic E-state index is 0.337. The lowest BCUT2D eigenvalue weighted by molar-refractivity contribution is -0.144. The summed E-state index contributed by atoms with van der Waals surface area (Å²) in [5, 5.41) is 0. The summed E-state index contributed by atoms with van der Waals surface area (Å²) < 4.78 is 4.85. The molecule has 1 unspecified atom stereocenters. The van der Waals surface area contributed by atoms with Gasteiger partial charge in [-0.05, 0) is 37.3 Å². The third kappa shape index (κ3) is 3.87. The third-order valence-corrected chi connectivity index (χ3v) is 2.95. The predicted molar refractivity (Wildman–Crippen MR) is 66.5 cm³/mol. The summed E-state index contributed by atoms with van der Waals surface area (Å²) in [7, 11) is 0. The fourth-order valence-electron chi connectivity index (χ4n) is 1.35. The summed E-state index contributed by atoms with van der Waals surface area (Å²) in [4.78, 5) is 12.5. The van der Waals surface area contributed by atoms with Crippen molar-refractivity contribution in [2.24, 2.45) is 5.73 Å². The van der Waals surface area contributed by atoms with Crippen LogP contribution >= 0.6 is 11.8 Å². The Morgan fingerprint density at radius 2 is 2.06 bits per heavy atom. The molecule has 1 atom stereocenters. The summed E-state index contributed by atoms with van der Waals surface area (Å²) in [5.41, 5.74) is 6.78. The highest BCUT2D eigenvalue weighted by Gasteiger charge is 2.14. The van der Waals surface area contributed by atoms with Crippen molar-refractivity contribution in [2.75, 3.05) is 12.9 Å². The number of carbonyl (C=O) groups excluding carboxylic acids is 1. The quantitative estimate of drug-likeness (QED) is 0.629. The number of esters is 1. The van der Waals surface area contributed by atoms with Gasteiger partial charge >= 0.3 is 5.97 Å². The first kappa shape index (κ1) is 13.1. The van der Waals surface area contributed by atoms with E-state index in [2.05, 4.69) is 0 Å². The van der Waals surface area contributed by atoms with E-state index in [4.69, 9.17) is 10.5 Å². The molecule has 88 valence electrons. The van der Waals surface area contributed by atoms with Gasteiger partial charge in [0.1, 0.15) is 6.04 Å². The average Bonchev–Trinajstić information content (AvgIpc) is 2.30. The van der Waals surface area contributed by atoms with Crippen LogP contribution < -0.4 is 5.73 Å². The van der Waals surface area contributed by atoms with Crippen molar-refractivity contribution in [2.45, 2.75) is 24.3 Å². The molecule has 0 bridgehead atoms. The Morgan fingerprint density at radius 1 is 1.44 bits per heavy atom. The van der Waals surface area contributed by atoms with Crippen molar-refractivity contribution in [3.63, 3.8) is 0 Å². The number of nitrogens with two attached hydrogens (primary N) is 1. The summed E-state index contributed by atoms with van der Waals surface area (Å²) in [5.74, 6) is -0.337. The highest BCUT2D eigenvalue weighted by Crippen LogP contribution is 2.15. The summed E-state index contributed by atoms with van der Waals surface area (Å²) in [6.45, 7) is 2.15. The summed E-state index contributed by atoms with van der Waals surface area (Å²) in [6.07, 6.45) is 2.55. The van der Waals surface area contributed by atoms with E-state index >= 15 is 0 Å². The van der Waals surface area contributed by atoms with E-state index in [-0.39, 0.29) is 5.97 Å². The molecule has 0 aromatic heterocycles. The van der Waals surface area contributed by atoms with E-state index in [0.29, 0.717) is 13.0 Å². The van der Waals surface area contributed by atoms with Crippen molar-refractivity contribution in [3.05, 3.63) is 29.8 Å². The number of ether oxygens (including phenoxy) is 1. The minimum Gasteiger partial charge on any atom is -0.465 e. The first-order valence-electron chi connectivity index (χ1n) is 5.22. The molecule has 3 nitrogen and oxygen atoms in total. The molecule has 0 aliphatic heterocycles. The molecule has 2 N–H and O–H groups in total. The lowest BCUT2D eigenvalue weighted by Gasteiger charge is -2.10. The first-order chi connectivity index (χ1) is 7.67. The Morgan fingerprint density at radius 3 is 2.56 bits per heavy atom. The maximum atomic E-state index is 11.3. The van der Waals surface area contributed by atoms with Crippen LogP contribution in [0.5, 0.6) is 0 Å². The van der Waals surface area contributed by atoms with Gasteiger partial charge in [0, 0.05) is 4.90 Å². The molecule has 0 aliphatic carbocycles. The van der Waals surface area contributed by atoms with Crippen LogP contribution in [0.25, 0.3) is 0 Å². The molecule has 0 aliphatic rings. The second-order valence-electron chi connectivity index (χ2n) is 3.41. The Kier molecular flexibility index (Phi) is 5.35. The SMILES string of the molecule is CCOC(=O)C(N)Cc1ccc(SC)cc1. The summed E-state index contributed by atoms with van der Waals surface area (Å²) >= 11 is 1.69. The van der Waals surface area contributed by atoms with E-state index in [0.717, 1.165) is 5.56 Å². The smallest absolute Gasteiger partial charge is 0.323 e. The molecular weight excluding hydrogens is 222 g/mol. The van der Waals surface area contributed by atoms with Crippen LogP contribution in [-0.4, -0.2) is 24.9 Å². The standard InChI is InChI=1S/C12H17NO2S/c1-3-15-12(14)11(13)8-9-4-6-10(16-2)7-5-9/h4-7,11H,3,8,13H2,1-2H3. The van der Waals surface area contributed by atoms with Gasteiger partial charge in [-0.3, -0.25) is 4.79 Å². The minimum atomic E-state index is -0.569. The van der Waals surface area contributed by atoms with E-state index < -0.39 is 6.04 Å². The van der Waals surface area contributed by atoms with Crippen LogP contribution in [0, 0.1) is 0 Å². The average molecular weight is 239 g/mol. The lowest BCUT2D eigenvalue weighted by Crippen LogP contribution is -2.34. The van der Waals surface area contributed by atoms with Gasteiger partial charge in [0.05, 0.1) is 6.61 Å². The monoisotopic (exact) mass is 239 g/mol. The molecule has 0 heterocycles. The van der Waals surface area contributed by atoms with E-state index in [1.165, 1.54) is 4.90 Å². The molecule has 0 spiro atoms. The van der Waals surface area contributed by atoms with Crippen LogP contribution in [0.15, 0.2) is 29.2 Å². The van der Waals surface area contributed by atoms with Gasteiger partial charge in [-0.1, -0.05) is 12.1 Å². The second kappa shape index (κ2) is 6.55. The Labute approximate surface area is 100 Å². The maximum absolute atomic E-state index is 11.3. The van der Waals surface area contributed by atoms with Gasteiger partial charge in [-0.2, -0.15) is 0 Å². The molecule has 0 amide bonds. The lowest BCUT2D eigenvalue weighted by atomic mass is 10.1. The van der Waals surface area contributed by atoms with Gasteiger partial charge < -0.3 is 10.5 Å². The van der Waals surface area contributed by atoms with Crippen molar-refractivity contribution < 1.29 is 9.53 Å². The van der Waals surface area contributed by atoms with Gasteiger partial charge in [-0.15, -0.1) is 11.8 Å². The topological polar surface area (TPSA) is 52.3 Å². The number of carbonyl (C=O) groups is 1. The zero-order valence-corrected chi connectivity index (χ0v) is 10.4. The Balaban J connectivity index is 2.55. The van der Waals surface area contributed by atoms with Crippen molar-refractivity contribution in [1.29, 1.82) is 0 Å². The van der Waals surface area contributed by atoms with Crippen LogP contribution in [0.4, 0.5) is 0 Å². The van der Waals surface area contributed by atoms with E-state index in [1.807, 2.05) is 30.5 Å². The van der Waals surface area contributed by atoms with Crippen molar-refractivity contribution >= 4 is 17.7 Å². The van der Waals surface area contributed by atoms with Crippen molar-refractivity contribution in [1.82, 2.24) is 0 Å². The van der Waals surface area contributed by atoms with Crippen molar-refractivity contribution in [3.8, 4) is 0 Å². The van der Waals surface area contributed by atoms with Gasteiger partial charge in [-0.25, -0.2) is 0 Å². The molecule has 4 heteroatoms. The molecule has 0 fully saturated rings. The number of rotatable bonds is 5. The van der Waals surface area contributed by atoms with E-state index in [1.54, 1.807) is 18.7 Å². The van der Waals surface area contributed by atoms with Crippen LogP contribution in [0.2, 0.25) is 0 Å². The summed E-state index contributed by atoms with van der Waals surface area (Å²) in [6, 6.07) is 7.46. The number of hydrogen-bond donors (Lipinski definition) is 1. The number of hydrogen-bond acceptors (Lipinski definition) is 4.